The van der Waals surface area contributed by atoms with E-state index < -0.39 is 0 Å². The molecule has 0 radical (unpaired) electrons. The van der Waals surface area contributed by atoms with Crippen LogP contribution in [0.2, 0.25) is 0 Å². The summed E-state index contributed by atoms with van der Waals surface area (Å²) >= 11 is 0. The van der Waals surface area contributed by atoms with Crippen molar-refractivity contribution in [1.29, 1.82) is 0 Å². The van der Waals surface area contributed by atoms with Gasteiger partial charge in [0.2, 0.25) is 0 Å². The van der Waals surface area contributed by atoms with E-state index in [0.29, 0.717) is 0 Å². The van der Waals surface area contributed by atoms with Crippen LogP contribution in [0.4, 0.5) is 5.69 Å². The zero-order valence-corrected chi connectivity index (χ0v) is 7.57. The number of hydrogen-bond donors (Lipinski definition) is 1. The second-order valence-corrected chi connectivity index (χ2v) is 3.06. The molecule has 4 heteroatoms. The summed E-state index contributed by atoms with van der Waals surface area (Å²) in [6.07, 6.45) is 1.05. The molecular weight excluding hydrogens is 164 g/mol. The maximum Gasteiger partial charge on any atom is 0.113 e. The lowest BCUT2D eigenvalue weighted by Crippen LogP contribution is -1.98. The molecule has 0 amide bonds. The Labute approximate surface area is 76.3 Å². The molecular formula is C9H12N4. The molecule has 0 fully saturated rings. The number of rotatable bonds is 2. The molecule has 0 aliphatic rings. The van der Waals surface area contributed by atoms with Gasteiger partial charge in [-0.2, -0.15) is 0 Å². The largest absolute Gasteiger partial charge is 0.399 e. The lowest BCUT2D eigenvalue weighted by molar-refractivity contribution is 0.596. The van der Waals surface area contributed by atoms with Gasteiger partial charge in [-0.1, -0.05) is 12.1 Å². The fourth-order valence-corrected chi connectivity index (χ4v) is 1.36. The Morgan fingerprint density at radius 1 is 1.46 bits per heavy atom. The van der Waals surface area contributed by atoms with Gasteiger partial charge in [0.1, 0.15) is 5.52 Å². The van der Waals surface area contributed by atoms with Crippen molar-refractivity contribution in [3.05, 3.63) is 18.2 Å². The Bertz CT molecular complexity index is 418. The van der Waals surface area contributed by atoms with Crippen LogP contribution in [-0.2, 0) is 6.54 Å². The molecule has 1 heterocycles. The van der Waals surface area contributed by atoms with E-state index in [4.69, 9.17) is 5.73 Å². The summed E-state index contributed by atoms with van der Waals surface area (Å²) in [6, 6.07) is 5.64. The van der Waals surface area contributed by atoms with Gasteiger partial charge in [-0.15, -0.1) is 5.10 Å². The van der Waals surface area contributed by atoms with E-state index in [2.05, 4.69) is 17.2 Å². The summed E-state index contributed by atoms with van der Waals surface area (Å²) in [7, 11) is 0. The van der Waals surface area contributed by atoms with Gasteiger partial charge >= 0.3 is 0 Å². The first-order valence-corrected chi connectivity index (χ1v) is 4.40. The van der Waals surface area contributed by atoms with E-state index >= 15 is 0 Å². The fraction of sp³-hybridized carbons (Fsp3) is 0.333. The van der Waals surface area contributed by atoms with Gasteiger partial charge in [-0.25, -0.2) is 4.68 Å². The summed E-state index contributed by atoms with van der Waals surface area (Å²) < 4.78 is 1.88. The minimum absolute atomic E-state index is 0.757. The Balaban J connectivity index is 2.58. The van der Waals surface area contributed by atoms with Gasteiger partial charge in [0, 0.05) is 12.2 Å². The third kappa shape index (κ3) is 1.35. The highest BCUT2D eigenvalue weighted by molar-refractivity contribution is 5.77. The number of nitrogens with zero attached hydrogens (tertiary/aromatic N) is 3. The molecule has 0 saturated carbocycles. The van der Waals surface area contributed by atoms with Crippen LogP contribution in [0.15, 0.2) is 18.2 Å². The zero-order valence-electron chi connectivity index (χ0n) is 7.57. The minimum Gasteiger partial charge on any atom is -0.399 e. The smallest absolute Gasteiger partial charge is 0.113 e. The van der Waals surface area contributed by atoms with Gasteiger partial charge in [0.25, 0.3) is 0 Å². The number of nitrogens with two attached hydrogens (primary N) is 1. The summed E-state index contributed by atoms with van der Waals surface area (Å²) in [5.74, 6) is 0. The molecule has 4 nitrogen and oxygen atoms in total. The molecule has 2 rings (SSSR count). The Morgan fingerprint density at radius 2 is 2.31 bits per heavy atom. The molecule has 0 saturated heterocycles. The predicted octanol–water partition coefficient (Wildman–Crippen LogP) is 1.42. The van der Waals surface area contributed by atoms with Gasteiger partial charge in [-0.05, 0) is 24.6 Å². The molecule has 1 aromatic heterocycles. The van der Waals surface area contributed by atoms with Crippen LogP contribution in [0.25, 0.3) is 11.0 Å². The number of aryl methyl sites for hydroxylation is 1. The van der Waals surface area contributed by atoms with Crippen LogP contribution >= 0.6 is 0 Å². The van der Waals surface area contributed by atoms with Crippen molar-refractivity contribution >= 4 is 16.7 Å². The molecule has 0 atom stereocenters. The molecule has 0 aliphatic carbocycles. The van der Waals surface area contributed by atoms with E-state index in [1.165, 1.54) is 0 Å². The normalized spacial score (nSPS) is 10.8. The standard InChI is InChI=1S/C9H12N4/c1-2-5-13-9-6-7(10)3-4-8(9)11-12-13/h3-4,6H,2,5,10H2,1H3. The SMILES string of the molecule is CCCn1nnc2ccc(N)cc21. The zero-order chi connectivity index (χ0) is 9.26. The van der Waals surface area contributed by atoms with E-state index in [-0.39, 0.29) is 0 Å². The van der Waals surface area contributed by atoms with Crippen molar-refractivity contribution in [2.45, 2.75) is 19.9 Å². The first-order valence-electron chi connectivity index (χ1n) is 4.40. The van der Waals surface area contributed by atoms with E-state index in [9.17, 15) is 0 Å². The van der Waals surface area contributed by atoms with Gasteiger partial charge < -0.3 is 5.73 Å². The van der Waals surface area contributed by atoms with Gasteiger partial charge in [0.05, 0.1) is 5.52 Å². The highest BCUT2D eigenvalue weighted by Gasteiger charge is 2.02. The van der Waals surface area contributed by atoms with Crippen molar-refractivity contribution in [2.75, 3.05) is 5.73 Å². The van der Waals surface area contributed by atoms with Crippen molar-refractivity contribution in [3.8, 4) is 0 Å². The predicted molar refractivity (Wildman–Crippen MR) is 52.2 cm³/mol. The van der Waals surface area contributed by atoms with E-state index in [1.54, 1.807) is 0 Å². The average Bonchev–Trinajstić information content (AvgIpc) is 2.49. The Hall–Kier alpha value is -1.58. The van der Waals surface area contributed by atoms with Crippen molar-refractivity contribution in [1.82, 2.24) is 15.0 Å². The number of anilines is 1. The van der Waals surface area contributed by atoms with Crippen LogP contribution in [0, 0.1) is 0 Å². The Morgan fingerprint density at radius 3 is 3.08 bits per heavy atom. The van der Waals surface area contributed by atoms with E-state index in [1.807, 2.05) is 22.9 Å². The molecule has 13 heavy (non-hydrogen) atoms. The van der Waals surface area contributed by atoms with E-state index in [0.717, 1.165) is 29.7 Å². The highest BCUT2D eigenvalue weighted by atomic mass is 15.4. The first kappa shape index (κ1) is 8.04. The lowest BCUT2D eigenvalue weighted by Gasteiger charge is -1.98. The van der Waals surface area contributed by atoms with Crippen LogP contribution in [0.3, 0.4) is 0 Å². The third-order valence-corrected chi connectivity index (χ3v) is 1.97. The summed E-state index contributed by atoms with van der Waals surface area (Å²) in [5.41, 5.74) is 8.36. The van der Waals surface area contributed by atoms with Crippen LogP contribution < -0.4 is 5.73 Å². The summed E-state index contributed by atoms with van der Waals surface area (Å²) in [6.45, 7) is 3.00. The average molecular weight is 176 g/mol. The second-order valence-electron chi connectivity index (χ2n) is 3.06. The molecule has 0 unspecified atom stereocenters. The minimum atomic E-state index is 0.757. The molecule has 1 aromatic carbocycles. The monoisotopic (exact) mass is 176 g/mol. The van der Waals surface area contributed by atoms with Crippen LogP contribution in [0.1, 0.15) is 13.3 Å². The van der Waals surface area contributed by atoms with Crippen molar-refractivity contribution in [3.63, 3.8) is 0 Å². The summed E-state index contributed by atoms with van der Waals surface area (Å²) in [4.78, 5) is 0. The number of hydrogen-bond acceptors (Lipinski definition) is 3. The third-order valence-electron chi connectivity index (χ3n) is 1.97. The number of aromatic nitrogens is 3. The number of fused-ring (bicyclic) bond motifs is 1. The summed E-state index contributed by atoms with van der Waals surface area (Å²) in [5, 5.41) is 8.07. The first-order chi connectivity index (χ1) is 6.31. The quantitative estimate of drug-likeness (QED) is 0.704. The number of benzene rings is 1. The maximum absolute atomic E-state index is 5.68. The molecule has 0 aliphatic heterocycles. The van der Waals surface area contributed by atoms with Crippen LogP contribution in [-0.4, -0.2) is 15.0 Å². The van der Waals surface area contributed by atoms with Gasteiger partial charge in [-0.3, -0.25) is 0 Å². The van der Waals surface area contributed by atoms with Gasteiger partial charge in [0.15, 0.2) is 0 Å². The Kier molecular flexibility index (Phi) is 1.88. The molecule has 0 bridgehead atoms. The van der Waals surface area contributed by atoms with Crippen molar-refractivity contribution < 1.29 is 0 Å². The van der Waals surface area contributed by atoms with Crippen molar-refractivity contribution in [2.24, 2.45) is 0 Å². The second kappa shape index (κ2) is 3.05. The molecule has 2 aromatic rings. The lowest BCUT2D eigenvalue weighted by atomic mass is 10.3. The maximum atomic E-state index is 5.68. The fourth-order valence-electron chi connectivity index (χ4n) is 1.36. The highest BCUT2D eigenvalue weighted by Crippen LogP contribution is 2.14. The molecule has 0 spiro atoms. The topological polar surface area (TPSA) is 56.7 Å². The van der Waals surface area contributed by atoms with Crippen LogP contribution in [0.5, 0.6) is 0 Å². The molecule has 68 valence electrons. The number of nitrogen functional groups attached to an aromatic ring is 1. The molecule has 2 N–H and O–H groups in total.